The molecule has 0 aliphatic carbocycles. The average Bonchev–Trinajstić information content (AvgIpc) is 3.09. The van der Waals surface area contributed by atoms with Crippen LogP contribution in [0.5, 0.6) is 5.75 Å². The zero-order chi connectivity index (χ0) is 18.1. The predicted octanol–water partition coefficient (Wildman–Crippen LogP) is 2.30. The van der Waals surface area contributed by atoms with Crippen LogP contribution in [0.4, 0.5) is 0 Å². The number of amides is 1. The molecule has 2 rings (SSSR count). The van der Waals surface area contributed by atoms with E-state index in [0.717, 1.165) is 17.7 Å². The van der Waals surface area contributed by atoms with Crippen LogP contribution in [-0.4, -0.2) is 52.4 Å². The summed E-state index contributed by atoms with van der Waals surface area (Å²) in [6, 6.07) is 7.45. The molecule has 0 bridgehead atoms. The highest BCUT2D eigenvalue weighted by Gasteiger charge is 2.15. The molecule has 25 heavy (non-hydrogen) atoms. The quantitative estimate of drug-likeness (QED) is 0.709. The van der Waals surface area contributed by atoms with Crippen molar-refractivity contribution in [2.75, 3.05) is 26.3 Å². The zero-order valence-electron chi connectivity index (χ0n) is 14.8. The SMILES string of the molecule is CCCN(CCO)C(=O)CCc1nc(-c2ccc(OCC)cc2)no1. The lowest BCUT2D eigenvalue weighted by atomic mass is 10.2. The third-order valence-electron chi connectivity index (χ3n) is 3.66. The van der Waals surface area contributed by atoms with Crippen molar-refractivity contribution in [1.82, 2.24) is 15.0 Å². The Hall–Kier alpha value is -2.41. The summed E-state index contributed by atoms with van der Waals surface area (Å²) in [4.78, 5) is 18.2. The number of rotatable bonds is 10. The second-order valence-electron chi connectivity index (χ2n) is 5.57. The van der Waals surface area contributed by atoms with Crippen molar-refractivity contribution < 1.29 is 19.2 Å². The monoisotopic (exact) mass is 347 g/mol. The van der Waals surface area contributed by atoms with Crippen molar-refractivity contribution in [1.29, 1.82) is 0 Å². The van der Waals surface area contributed by atoms with Crippen molar-refractivity contribution in [3.05, 3.63) is 30.2 Å². The molecule has 136 valence electrons. The van der Waals surface area contributed by atoms with Gasteiger partial charge in [-0.05, 0) is 37.6 Å². The van der Waals surface area contributed by atoms with Gasteiger partial charge in [0.2, 0.25) is 17.6 Å². The maximum atomic E-state index is 12.2. The van der Waals surface area contributed by atoms with E-state index in [9.17, 15) is 4.79 Å². The minimum atomic E-state index is -0.0335. The Bertz CT molecular complexity index is 649. The second kappa shape index (κ2) is 9.78. The highest BCUT2D eigenvalue weighted by atomic mass is 16.5. The van der Waals surface area contributed by atoms with Gasteiger partial charge in [-0.1, -0.05) is 12.1 Å². The molecule has 7 nitrogen and oxygen atoms in total. The molecular formula is C18H25N3O4. The van der Waals surface area contributed by atoms with Gasteiger partial charge in [0.25, 0.3) is 0 Å². The summed E-state index contributed by atoms with van der Waals surface area (Å²) in [5, 5.41) is 13.0. The van der Waals surface area contributed by atoms with Gasteiger partial charge in [-0.2, -0.15) is 4.98 Å². The highest BCUT2D eigenvalue weighted by molar-refractivity contribution is 5.76. The number of nitrogens with zero attached hydrogens (tertiary/aromatic N) is 3. The highest BCUT2D eigenvalue weighted by Crippen LogP contribution is 2.20. The molecule has 7 heteroatoms. The van der Waals surface area contributed by atoms with E-state index in [1.54, 1.807) is 4.90 Å². The summed E-state index contributed by atoms with van der Waals surface area (Å²) in [6.45, 7) is 5.51. The molecule has 0 saturated heterocycles. The normalized spacial score (nSPS) is 10.7. The van der Waals surface area contributed by atoms with Gasteiger partial charge in [0.15, 0.2) is 0 Å². The Morgan fingerprint density at radius 3 is 2.64 bits per heavy atom. The molecule has 0 aliphatic rings. The number of benzene rings is 1. The van der Waals surface area contributed by atoms with Crippen LogP contribution in [0.25, 0.3) is 11.4 Å². The molecule has 0 atom stereocenters. The number of carbonyl (C=O) groups is 1. The summed E-state index contributed by atoms with van der Waals surface area (Å²) in [5.41, 5.74) is 0.831. The Labute approximate surface area is 147 Å². The van der Waals surface area contributed by atoms with Crippen LogP contribution in [0.2, 0.25) is 0 Å². The van der Waals surface area contributed by atoms with E-state index in [2.05, 4.69) is 10.1 Å². The number of aryl methyl sites for hydroxylation is 1. The topological polar surface area (TPSA) is 88.7 Å². The van der Waals surface area contributed by atoms with E-state index >= 15 is 0 Å². The van der Waals surface area contributed by atoms with Crippen LogP contribution in [0.1, 0.15) is 32.6 Å². The van der Waals surface area contributed by atoms with Gasteiger partial charge in [0.1, 0.15) is 5.75 Å². The van der Waals surface area contributed by atoms with Crippen LogP contribution in [0, 0.1) is 0 Å². The van der Waals surface area contributed by atoms with Crippen molar-refractivity contribution in [2.24, 2.45) is 0 Å². The predicted molar refractivity (Wildman–Crippen MR) is 93.2 cm³/mol. The van der Waals surface area contributed by atoms with E-state index in [1.807, 2.05) is 38.1 Å². The number of aliphatic hydroxyl groups is 1. The first kappa shape index (κ1) is 18.9. The molecule has 1 amide bonds. The maximum Gasteiger partial charge on any atom is 0.227 e. The fraction of sp³-hybridized carbons (Fsp3) is 0.500. The molecule has 0 aliphatic heterocycles. The third kappa shape index (κ3) is 5.56. The van der Waals surface area contributed by atoms with E-state index in [1.165, 1.54) is 0 Å². The molecule has 1 aromatic carbocycles. The maximum absolute atomic E-state index is 12.2. The molecule has 1 aromatic heterocycles. The third-order valence-corrected chi connectivity index (χ3v) is 3.66. The van der Waals surface area contributed by atoms with Crippen molar-refractivity contribution in [3.63, 3.8) is 0 Å². The lowest BCUT2D eigenvalue weighted by molar-refractivity contribution is -0.131. The fourth-order valence-electron chi connectivity index (χ4n) is 2.46. The first-order valence-corrected chi connectivity index (χ1v) is 8.62. The molecule has 0 fully saturated rings. The van der Waals surface area contributed by atoms with Gasteiger partial charge in [-0.3, -0.25) is 4.79 Å². The molecule has 1 heterocycles. The molecule has 0 spiro atoms. The van der Waals surface area contributed by atoms with Crippen LogP contribution >= 0.6 is 0 Å². The number of aliphatic hydroxyl groups excluding tert-OH is 1. The molecule has 0 radical (unpaired) electrons. The molecule has 0 unspecified atom stereocenters. The van der Waals surface area contributed by atoms with E-state index in [-0.39, 0.29) is 18.9 Å². The molecule has 0 saturated carbocycles. The summed E-state index contributed by atoms with van der Waals surface area (Å²) < 4.78 is 10.6. The van der Waals surface area contributed by atoms with Gasteiger partial charge < -0.3 is 19.3 Å². The fourth-order valence-corrected chi connectivity index (χ4v) is 2.46. The Morgan fingerprint density at radius 1 is 1.24 bits per heavy atom. The van der Waals surface area contributed by atoms with Crippen LogP contribution < -0.4 is 4.74 Å². The van der Waals surface area contributed by atoms with E-state index in [4.69, 9.17) is 14.4 Å². The van der Waals surface area contributed by atoms with Crippen molar-refractivity contribution >= 4 is 5.91 Å². The largest absolute Gasteiger partial charge is 0.494 e. The first-order valence-electron chi connectivity index (χ1n) is 8.62. The summed E-state index contributed by atoms with van der Waals surface area (Å²) >= 11 is 0. The minimum absolute atomic E-state index is 0.0169. The van der Waals surface area contributed by atoms with Crippen LogP contribution in [0.15, 0.2) is 28.8 Å². The average molecular weight is 347 g/mol. The van der Waals surface area contributed by atoms with Gasteiger partial charge in [0.05, 0.1) is 13.2 Å². The van der Waals surface area contributed by atoms with E-state index < -0.39 is 0 Å². The molecular weight excluding hydrogens is 322 g/mol. The summed E-state index contributed by atoms with van der Waals surface area (Å²) in [7, 11) is 0. The van der Waals surface area contributed by atoms with Crippen LogP contribution in [-0.2, 0) is 11.2 Å². The Morgan fingerprint density at radius 2 is 2.00 bits per heavy atom. The van der Waals surface area contributed by atoms with E-state index in [0.29, 0.717) is 37.8 Å². The molecule has 2 aromatic rings. The number of hydrogen-bond donors (Lipinski definition) is 1. The van der Waals surface area contributed by atoms with Gasteiger partial charge in [-0.25, -0.2) is 0 Å². The first-order chi connectivity index (χ1) is 12.2. The molecule has 1 N–H and O–H groups in total. The second-order valence-corrected chi connectivity index (χ2v) is 5.57. The van der Waals surface area contributed by atoms with Crippen molar-refractivity contribution in [2.45, 2.75) is 33.1 Å². The number of carbonyl (C=O) groups excluding carboxylic acids is 1. The smallest absolute Gasteiger partial charge is 0.227 e. The van der Waals surface area contributed by atoms with Gasteiger partial charge in [-0.15, -0.1) is 0 Å². The summed E-state index contributed by atoms with van der Waals surface area (Å²) in [5.74, 6) is 1.70. The number of hydrogen-bond acceptors (Lipinski definition) is 6. The Kier molecular flexibility index (Phi) is 7.40. The van der Waals surface area contributed by atoms with Crippen molar-refractivity contribution in [3.8, 4) is 17.1 Å². The van der Waals surface area contributed by atoms with Crippen LogP contribution in [0.3, 0.4) is 0 Å². The number of aromatic nitrogens is 2. The summed E-state index contributed by atoms with van der Waals surface area (Å²) in [6.07, 6.45) is 1.52. The lowest BCUT2D eigenvalue weighted by Gasteiger charge is -2.20. The lowest BCUT2D eigenvalue weighted by Crippen LogP contribution is -2.34. The number of ether oxygens (including phenoxy) is 1. The zero-order valence-corrected chi connectivity index (χ0v) is 14.8. The standard InChI is InChI=1S/C18H25N3O4/c1-3-11-21(12-13-22)17(23)10-9-16-19-18(20-25-16)14-5-7-15(8-6-14)24-4-2/h5-8,22H,3-4,9-13H2,1-2H3. The van der Waals surface area contributed by atoms with Gasteiger partial charge in [0, 0.05) is 31.5 Å². The van der Waals surface area contributed by atoms with Gasteiger partial charge >= 0.3 is 0 Å². The Balaban J connectivity index is 1.93. The minimum Gasteiger partial charge on any atom is -0.494 e.